The van der Waals surface area contributed by atoms with E-state index in [1.54, 1.807) is 25.2 Å². The summed E-state index contributed by atoms with van der Waals surface area (Å²) in [4.78, 5) is 36.9. The molecule has 8 nitrogen and oxygen atoms in total. The summed E-state index contributed by atoms with van der Waals surface area (Å²) in [6.45, 7) is 13.3. The van der Waals surface area contributed by atoms with Gasteiger partial charge in [-0.05, 0) is 72.2 Å². The zero-order valence-corrected chi connectivity index (χ0v) is 28.3. The average Bonchev–Trinajstić information content (AvgIpc) is 3.43. The van der Waals surface area contributed by atoms with E-state index in [0.717, 1.165) is 35.1 Å². The first kappa shape index (κ1) is 40.3. The van der Waals surface area contributed by atoms with Gasteiger partial charge in [0.15, 0.2) is 0 Å². The van der Waals surface area contributed by atoms with Crippen molar-refractivity contribution in [1.29, 1.82) is 0 Å². The maximum Gasteiger partial charge on any atom is 0.573 e. The summed E-state index contributed by atoms with van der Waals surface area (Å²) < 4.78 is 40.6. The smallest absolute Gasteiger partial charge is 0.481 e. The molecule has 3 rings (SSSR count). The summed E-state index contributed by atoms with van der Waals surface area (Å²) in [5.74, 6) is 0.102. The molecular weight excluding hydrogens is 599 g/mol. The van der Waals surface area contributed by atoms with E-state index < -0.39 is 18.4 Å². The Labute approximate surface area is 272 Å². The molecule has 2 aromatic rings. The largest absolute Gasteiger partial charge is 0.573 e. The van der Waals surface area contributed by atoms with E-state index in [4.69, 9.17) is 5.11 Å². The fourth-order valence-electron chi connectivity index (χ4n) is 5.28. The number of carbonyl (C=O) groups is 3. The van der Waals surface area contributed by atoms with Gasteiger partial charge in [0.05, 0.1) is 12.5 Å². The Morgan fingerprint density at radius 1 is 1.04 bits per heavy atom. The second-order valence-corrected chi connectivity index (χ2v) is 11.4. The minimum absolute atomic E-state index is 0.0279. The Hall–Kier alpha value is -3.76. The van der Waals surface area contributed by atoms with E-state index in [-0.39, 0.29) is 30.7 Å². The highest BCUT2D eigenvalue weighted by atomic mass is 19.4. The van der Waals surface area contributed by atoms with Gasteiger partial charge in [-0.25, -0.2) is 4.79 Å². The Balaban J connectivity index is 0.000000690. The monoisotopic (exact) mass is 651 g/mol. The number of fused-ring (bicyclic) bond motifs is 1. The van der Waals surface area contributed by atoms with Crippen LogP contribution < -0.4 is 15.4 Å². The number of unbranched alkanes of at least 4 members (excludes halogenated alkanes) is 2. The highest BCUT2D eigenvalue weighted by Crippen LogP contribution is 2.36. The normalized spacial score (nSPS) is 14.1. The van der Waals surface area contributed by atoms with Crippen LogP contribution in [0.1, 0.15) is 114 Å². The van der Waals surface area contributed by atoms with Crippen LogP contribution in [0.25, 0.3) is 0 Å². The van der Waals surface area contributed by atoms with Gasteiger partial charge < -0.3 is 25.4 Å². The van der Waals surface area contributed by atoms with Gasteiger partial charge in [0.2, 0.25) is 0 Å². The van der Waals surface area contributed by atoms with E-state index >= 15 is 0 Å². The number of aliphatic carboxylic acids is 1. The van der Waals surface area contributed by atoms with Gasteiger partial charge in [-0.2, -0.15) is 0 Å². The molecule has 46 heavy (non-hydrogen) atoms. The maximum atomic E-state index is 12.7. The van der Waals surface area contributed by atoms with Crippen molar-refractivity contribution in [3.05, 3.63) is 59.2 Å². The molecule has 0 saturated heterocycles. The Morgan fingerprint density at radius 2 is 1.70 bits per heavy atom. The predicted molar refractivity (Wildman–Crippen MR) is 176 cm³/mol. The molecule has 0 radical (unpaired) electrons. The molecule has 2 unspecified atom stereocenters. The van der Waals surface area contributed by atoms with Crippen molar-refractivity contribution in [2.24, 2.45) is 11.8 Å². The molecule has 1 aliphatic carbocycles. The van der Waals surface area contributed by atoms with Gasteiger partial charge in [0, 0.05) is 24.8 Å². The van der Waals surface area contributed by atoms with E-state index in [1.165, 1.54) is 49.1 Å². The number of nitrogens with zero attached hydrogens (tertiary/aromatic N) is 1. The number of amides is 3. The van der Waals surface area contributed by atoms with Crippen LogP contribution >= 0.6 is 0 Å². The number of hydrogen-bond donors (Lipinski definition) is 3. The molecule has 3 amide bonds. The predicted octanol–water partition coefficient (Wildman–Crippen LogP) is 9.22. The summed E-state index contributed by atoms with van der Waals surface area (Å²) in [6, 6.07) is 9.29. The minimum atomic E-state index is -4.79. The number of nitrogens with one attached hydrogen (secondary N) is 2. The van der Waals surface area contributed by atoms with Crippen LogP contribution in [0.15, 0.2) is 42.5 Å². The second-order valence-electron chi connectivity index (χ2n) is 11.4. The molecule has 0 aromatic heterocycles. The lowest BCUT2D eigenvalue weighted by Gasteiger charge is -2.26. The number of carboxylic acids is 1. The molecule has 3 N–H and O–H groups in total. The first-order chi connectivity index (χ1) is 21.7. The summed E-state index contributed by atoms with van der Waals surface area (Å²) in [5.41, 5.74) is 2.53. The van der Waals surface area contributed by atoms with Crippen molar-refractivity contribution < 1.29 is 37.4 Å². The number of urea groups is 1. The molecule has 0 spiro atoms. The van der Waals surface area contributed by atoms with Crippen molar-refractivity contribution in [3.63, 3.8) is 0 Å². The number of rotatable bonds is 13. The molecule has 11 heteroatoms. The minimum Gasteiger partial charge on any atom is -0.481 e. The topological polar surface area (TPSA) is 108 Å². The standard InChI is InChI=1S/C22H22F3N3O5.C11H24.C2H6/c1-28(21(32)27-15-4-6-16(7-5-15)33-22(23,24)25)18-9-3-13-12-14(2-8-17(13)18)20(31)26-11-10-19(29)30;1-5-7-8-9-11(6-2)10(3)4;1-2/h2,4-8,12,18H,3,9-11H2,1H3,(H,26,31)(H,27,32)(H,29,30);10-11H,5-9H2,1-4H3;1-2H3. The van der Waals surface area contributed by atoms with Crippen molar-refractivity contribution >= 4 is 23.6 Å². The van der Waals surface area contributed by atoms with Gasteiger partial charge in [-0.3, -0.25) is 9.59 Å². The zero-order valence-electron chi connectivity index (χ0n) is 28.3. The molecule has 1 aliphatic rings. The maximum absolute atomic E-state index is 12.7. The number of benzene rings is 2. The third kappa shape index (κ3) is 14.1. The first-order valence-corrected chi connectivity index (χ1v) is 16.3. The number of aryl methyl sites for hydroxylation is 1. The first-order valence-electron chi connectivity index (χ1n) is 16.3. The molecule has 0 aliphatic heterocycles. The number of carboxylic acid groups (broad SMARTS) is 1. The molecular formula is C35H52F3N3O5. The van der Waals surface area contributed by atoms with E-state index in [1.807, 2.05) is 13.8 Å². The van der Waals surface area contributed by atoms with Gasteiger partial charge >= 0.3 is 18.4 Å². The summed E-state index contributed by atoms with van der Waals surface area (Å²) in [7, 11) is 1.61. The van der Waals surface area contributed by atoms with Crippen LogP contribution in [0, 0.1) is 11.8 Å². The lowest BCUT2D eigenvalue weighted by atomic mass is 9.88. The van der Waals surface area contributed by atoms with Crippen LogP contribution in [0.4, 0.5) is 23.7 Å². The molecule has 0 heterocycles. The second kappa shape index (κ2) is 20.4. The van der Waals surface area contributed by atoms with Gasteiger partial charge in [-0.1, -0.05) is 79.7 Å². The lowest BCUT2D eigenvalue weighted by molar-refractivity contribution is -0.274. The zero-order chi connectivity index (χ0) is 34.9. The Kier molecular flexibility index (Phi) is 17.8. The fraction of sp³-hybridized carbons (Fsp3) is 0.571. The van der Waals surface area contributed by atoms with Crippen molar-refractivity contribution in [1.82, 2.24) is 10.2 Å². The number of alkyl halides is 3. The van der Waals surface area contributed by atoms with Gasteiger partial charge in [0.1, 0.15) is 5.75 Å². The van der Waals surface area contributed by atoms with Gasteiger partial charge in [0.25, 0.3) is 5.91 Å². The third-order valence-electron chi connectivity index (χ3n) is 7.85. The molecule has 0 fully saturated rings. The van der Waals surface area contributed by atoms with Crippen LogP contribution in [0.5, 0.6) is 5.75 Å². The highest BCUT2D eigenvalue weighted by molar-refractivity contribution is 5.95. The number of hydrogen-bond acceptors (Lipinski definition) is 4. The molecule has 2 aromatic carbocycles. The molecule has 258 valence electrons. The number of ether oxygens (including phenoxy) is 1. The Morgan fingerprint density at radius 3 is 2.24 bits per heavy atom. The summed E-state index contributed by atoms with van der Waals surface area (Å²) >= 11 is 0. The van der Waals surface area contributed by atoms with Crippen LogP contribution in [-0.2, 0) is 11.2 Å². The van der Waals surface area contributed by atoms with E-state index in [0.29, 0.717) is 24.1 Å². The quantitative estimate of drug-likeness (QED) is 0.187. The number of anilines is 1. The van der Waals surface area contributed by atoms with Crippen LogP contribution in [-0.4, -0.2) is 47.9 Å². The van der Waals surface area contributed by atoms with Crippen molar-refractivity contribution in [2.45, 2.75) is 105 Å². The average molecular weight is 652 g/mol. The van der Waals surface area contributed by atoms with E-state index in [2.05, 4.69) is 43.1 Å². The number of halogens is 3. The highest BCUT2D eigenvalue weighted by Gasteiger charge is 2.31. The number of carbonyl (C=O) groups excluding carboxylic acids is 2. The summed E-state index contributed by atoms with van der Waals surface area (Å²) in [6.07, 6.45) is 3.35. The molecule has 2 atom stereocenters. The van der Waals surface area contributed by atoms with Crippen LogP contribution in [0.2, 0.25) is 0 Å². The van der Waals surface area contributed by atoms with E-state index in [9.17, 15) is 27.6 Å². The van der Waals surface area contributed by atoms with Crippen LogP contribution in [0.3, 0.4) is 0 Å². The summed E-state index contributed by atoms with van der Waals surface area (Å²) in [5, 5.41) is 13.9. The SMILES string of the molecule is CC.CCCCCC(CC)C(C)C.CN(C(=O)Nc1ccc(OC(F)(F)F)cc1)C1CCc2cc(C(=O)NCCC(=O)O)ccc21. The van der Waals surface area contributed by atoms with Crippen molar-refractivity contribution in [3.8, 4) is 5.75 Å². The Bertz CT molecular complexity index is 1220. The molecule has 0 saturated carbocycles. The van der Waals surface area contributed by atoms with Gasteiger partial charge in [-0.15, -0.1) is 13.2 Å². The fourth-order valence-corrected chi connectivity index (χ4v) is 5.28. The molecule has 0 bridgehead atoms. The third-order valence-corrected chi connectivity index (χ3v) is 7.85. The van der Waals surface area contributed by atoms with Crippen molar-refractivity contribution in [2.75, 3.05) is 18.9 Å². The lowest BCUT2D eigenvalue weighted by Crippen LogP contribution is -2.34.